The highest BCUT2D eigenvalue weighted by molar-refractivity contribution is 6.10. The van der Waals surface area contributed by atoms with Crippen LogP contribution in [-0.4, -0.2) is 17.3 Å². The molecular formula is C11H14N2O. The molecule has 74 valence electrons. The molecule has 0 aromatic rings. The molecule has 0 aromatic carbocycles. The molecule has 1 heterocycles. The van der Waals surface area contributed by atoms with E-state index in [4.69, 9.17) is 0 Å². The number of hydrogen-bond acceptors (Lipinski definition) is 1. The molecule has 3 heteroatoms. The van der Waals surface area contributed by atoms with E-state index < -0.39 is 0 Å². The Morgan fingerprint density at radius 1 is 1.21 bits per heavy atom. The number of amides is 2. The predicted octanol–water partition coefficient (Wildman–Crippen LogP) is 1.73. The van der Waals surface area contributed by atoms with Crippen LogP contribution in [0.15, 0.2) is 4.99 Å². The normalized spacial score (nSPS) is 53.0. The summed E-state index contributed by atoms with van der Waals surface area (Å²) < 4.78 is 0. The maximum atomic E-state index is 11.4. The fourth-order valence-corrected chi connectivity index (χ4v) is 4.50. The van der Waals surface area contributed by atoms with Crippen LogP contribution < -0.4 is 5.32 Å². The molecule has 5 rings (SSSR count). The molecule has 3 nitrogen and oxygen atoms in total. The highest BCUT2D eigenvalue weighted by Crippen LogP contribution is 2.55. The largest absolute Gasteiger partial charge is 0.341 e. The standard InChI is InChI=1S/C11H14N2O/c14-10-12-9-8-2-6-1-7(3-8)5-11(9,4-6)13-10/h6-8H,1-5H2,(H,13,14). The van der Waals surface area contributed by atoms with Gasteiger partial charge >= 0.3 is 6.03 Å². The van der Waals surface area contributed by atoms with E-state index in [-0.39, 0.29) is 11.6 Å². The van der Waals surface area contributed by atoms with Crippen LogP contribution in [0.3, 0.4) is 0 Å². The lowest BCUT2D eigenvalue weighted by Gasteiger charge is -2.55. The van der Waals surface area contributed by atoms with Crippen molar-refractivity contribution in [3.8, 4) is 0 Å². The molecule has 2 unspecified atom stereocenters. The van der Waals surface area contributed by atoms with Crippen molar-refractivity contribution in [3.05, 3.63) is 0 Å². The average molecular weight is 190 g/mol. The number of carbonyl (C=O) groups is 1. The first-order valence-corrected chi connectivity index (χ1v) is 5.66. The van der Waals surface area contributed by atoms with Crippen molar-refractivity contribution in [1.82, 2.24) is 5.32 Å². The van der Waals surface area contributed by atoms with Crippen LogP contribution >= 0.6 is 0 Å². The van der Waals surface area contributed by atoms with E-state index in [9.17, 15) is 4.79 Å². The first kappa shape index (κ1) is 7.43. The van der Waals surface area contributed by atoms with Gasteiger partial charge in [0, 0.05) is 5.92 Å². The van der Waals surface area contributed by atoms with Crippen molar-refractivity contribution < 1.29 is 4.79 Å². The minimum Gasteiger partial charge on any atom is -0.325 e. The first-order chi connectivity index (χ1) is 6.75. The number of hydrogen-bond donors (Lipinski definition) is 1. The molecule has 0 radical (unpaired) electrons. The Bertz CT molecular complexity index is 346. The SMILES string of the molecule is O=C1N=C2C3CC4CC(C3)CC2(C4)N1. The quantitative estimate of drug-likeness (QED) is 0.621. The molecule has 2 amide bonds. The van der Waals surface area contributed by atoms with Crippen molar-refractivity contribution in [2.45, 2.75) is 37.6 Å². The Labute approximate surface area is 83.0 Å². The highest BCUT2D eigenvalue weighted by Gasteiger charge is 2.58. The van der Waals surface area contributed by atoms with Crippen molar-refractivity contribution >= 4 is 11.7 Å². The van der Waals surface area contributed by atoms with E-state index in [1.807, 2.05) is 0 Å². The van der Waals surface area contributed by atoms with Crippen molar-refractivity contribution in [3.63, 3.8) is 0 Å². The van der Waals surface area contributed by atoms with Gasteiger partial charge in [-0.1, -0.05) is 0 Å². The monoisotopic (exact) mass is 190 g/mol. The van der Waals surface area contributed by atoms with Gasteiger partial charge in [-0.2, -0.15) is 0 Å². The lowest BCUT2D eigenvalue weighted by molar-refractivity contribution is 0.0829. The number of nitrogens with one attached hydrogen (secondary N) is 1. The summed E-state index contributed by atoms with van der Waals surface area (Å²) >= 11 is 0. The summed E-state index contributed by atoms with van der Waals surface area (Å²) in [6, 6.07) is -0.0757. The smallest absolute Gasteiger partial charge is 0.325 e. The second kappa shape index (κ2) is 2.05. The second-order valence-electron chi connectivity index (χ2n) is 5.55. The Kier molecular flexibility index (Phi) is 1.09. The van der Waals surface area contributed by atoms with Gasteiger partial charge in [0.1, 0.15) is 0 Å². The fraction of sp³-hybridized carbons (Fsp3) is 0.818. The zero-order valence-electron chi connectivity index (χ0n) is 8.12. The maximum absolute atomic E-state index is 11.4. The van der Waals surface area contributed by atoms with Gasteiger partial charge in [0.2, 0.25) is 0 Å². The van der Waals surface area contributed by atoms with E-state index >= 15 is 0 Å². The van der Waals surface area contributed by atoms with Gasteiger partial charge in [0.05, 0.1) is 11.3 Å². The summed E-state index contributed by atoms with van der Waals surface area (Å²) in [5.74, 6) is 2.37. The third-order valence-electron chi connectivity index (χ3n) is 4.62. The molecule has 2 atom stereocenters. The lowest BCUT2D eigenvalue weighted by atomic mass is 9.52. The van der Waals surface area contributed by atoms with E-state index in [0.29, 0.717) is 5.92 Å². The number of carbonyl (C=O) groups excluding carboxylic acids is 1. The van der Waals surface area contributed by atoms with Gasteiger partial charge < -0.3 is 5.32 Å². The average Bonchev–Trinajstić information content (AvgIpc) is 2.40. The molecule has 0 aromatic heterocycles. The van der Waals surface area contributed by atoms with E-state index in [1.54, 1.807) is 0 Å². The zero-order chi connectivity index (χ0) is 9.34. The van der Waals surface area contributed by atoms with Crippen LogP contribution in [0.25, 0.3) is 0 Å². The van der Waals surface area contributed by atoms with E-state index in [1.165, 1.54) is 37.8 Å². The van der Waals surface area contributed by atoms with Gasteiger partial charge in [-0.25, -0.2) is 9.79 Å². The minimum absolute atomic E-state index is 0.0336. The van der Waals surface area contributed by atoms with Crippen LogP contribution in [0.2, 0.25) is 0 Å². The third kappa shape index (κ3) is 0.711. The predicted molar refractivity (Wildman–Crippen MR) is 52.3 cm³/mol. The minimum atomic E-state index is -0.0757. The molecule has 5 aliphatic rings. The Morgan fingerprint density at radius 3 is 2.64 bits per heavy atom. The Morgan fingerprint density at radius 2 is 1.93 bits per heavy atom. The number of nitrogens with zero attached hydrogens (tertiary/aromatic N) is 1. The molecule has 4 aliphatic carbocycles. The van der Waals surface area contributed by atoms with Crippen molar-refractivity contribution in [2.75, 3.05) is 0 Å². The molecule has 4 bridgehead atoms. The first-order valence-electron chi connectivity index (χ1n) is 5.66. The number of rotatable bonds is 0. The van der Waals surface area contributed by atoms with Gasteiger partial charge in [0.25, 0.3) is 0 Å². The Balaban J connectivity index is 1.87. The summed E-state index contributed by atoms with van der Waals surface area (Å²) in [5.41, 5.74) is 1.25. The van der Waals surface area contributed by atoms with Gasteiger partial charge in [-0.05, 0) is 43.9 Å². The van der Waals surface area contributed by atoms with Gasteiger partial charge in [-0.15, -0.1) is 0 Å². The van der Waals surface area contributed by atoms with Crippen molar-refractivity contribution in [1.29, 1.82) is 0 Å². The van der Waals surface area contributed by atoms with Crippen LogP contribution in [0, 0.1) is 17.8 Å². The van der Waals surface area contributed by atoms with E-state index in [0.717, 1.165) is 11.8 Å². The van der Waals surface area contributed by atoms with Crippen LogP contribution in [0.1, 0.15) is 32.1 Å². The topological polar surface area (TPSA) is 41.5 Å². The summed E-state index contributed by atoms with van der Waals surface area (Å²) in [5, 5.41) is 3.12. The molecule has 1 aliphatic heterocycles. The van der Waals surface area contributed by atoms with Crippen LogP contribution in [0.5, 0.6) is 0 Å². The van der Waals surface area contributed by atoms with Crippen molar-refractivity contribution in [2.24, 2.45) is 22.7 Å². The molecule has 1 N–H and O–H groups in total. The fourth-order valence-electron chi connectivity index (χ4n) is 4.50. The van der Waals surface area contributed by atoms with Crippen LogP contribution in [0.4, 0.5) is 4.79 Å². The maximum Gasteiger partial charge on any atom is 0.341 e. The van der Waals surface area contributed by atoms with Gasteiger partial charge in [-0.3, -0.25) is 0 Å². The molecule has 1 spiro atoms. The third-order valence-corrected chi connectivity index (χ3v) is 4.62. The lowest BCUT2D eigenvalue weighted by Crippen LogP contribution is -2.62. The van der Waals surface area contributed by atoms with Gasteiger partial charge in [0.15, 0.2) is 0 Å². The summed E-state index contributed by atoms with van der Waals surface area (Å²) in [6.45, 7) is 0. The molecular weight excluding hydrogens is 176 g/mol. The zero-order valence-corrected chi connectivity index (χ0v) is 8.12. The molecule has 4 saturated carbocycles. The highest BCUT2D eigenvalue weighted by atomic mass is 16.2. The summed E-state index contributed by atoms with van der Waals surface area (Å²) in [4.78, 5) is 15.6. The molecule has 14 heavy (non-hydrogen) atoms. The number of aliphatic imine (C=N–C) groups is 1. The number of urea groups is 1. The summed E-state index contributed by atoms with van der Waals surface area (Å²) in [6.07, 6.45) is 6.34. The van der Waals surface area contributed by atoms with Crippen LogP contribution in [-0.2, 0) is 0 Å². The summed E-state index contributed by atoms with van der Waals surface area (Å²) in [7, 11) is 0. The Hall–Kier alpha value is -0.860. The molecule has 4 fully saturated rings. The van der Waals surface area contributed by atoms with E-state index in [2.05, 4.69) is 10.3 Å². The second-order valence-corrected chi connectivity index (χ2v) is 5.55. The molecule has 0 saturated heterocycles.